The number of hydrogen-bond donors (Lipinski definition) is 6. The van der Waals surface area contributed by atoms with Crippen LogP contribution in [0, 0.1) is 17.8 Å². The average molecular weight is 1050 g/mol. The van der Waals surface area contributed by atoms with Gasteiger partial charge in [-0.3, -0.25) is 43.3 Å². The maximum atomic E-state index is 15.6. The van der Waals surface area contributed by atoms with Crippen molar-refractivity contribution < 1.29 is 43.5 Å². The molecule has 19 nitrogen and oxygen atoms in total. The van der Waals surface area contributed by atoms with Crippen LogP contribution in [-0.4, -0.2) is 139 Å². The highest BCUT2D eigenvalue weighted by Gasteiger charge is 2.68. The highest BCUT2D eigenvalue weighted by Crippen LogP contribution is 2.57. The smallest absolute Gasteiger partial charge is 0.252 e. The van der Waals surface area contributed by atoms with Crippen LogP contribution in [0.25, 0.3) is 10.9 Å². The lowest BCUT2D eigenvalue weighted by Gasteiger charge is -2.49. The molecule has 6 aliphatic heterocycles. The Kier molecular flexibility index (Phi) is 14.4. The molecule has 0 saturated carbocycles. The normalized spacial score (nSPS) is 30.0. The van der Waals surface area contributed by atoms with Crippen molar-refractivity contribution in [3.63, 3.8) is 0 Å². The Bertz CT molecular complexity index is 3010. The van der Waals surface area contributed by atoms with Crippen LogP contribution >= 0.6 is 0 Å². The van der Waals surface area contributed by atoms with E-state index in [0.29, 0.717) is 60.9 Å². The molecule has 3 aromatic carbocycles. The largest absolute Gasteiger partial charge is 0.508 e. The molecule has 7 heterocycles. The Morgan fingerprint density at radius 1 is 0.662 bits per heavy atom. The Labute approximate surface area is 448 Å². The van der Waals surface area contributed by atoms with Gasteiger partial charge in [0.05, 0.1) is 11.7 Å². The number of phenolic OH excluding ortho intramolecular Hbond substituents is 1. The van der Waals surface area contributed by atoms with Gasteiger partial charge in [-0.15, -0.1) is 0 Å². The minimum Gasteiger partial charge on any atom is -0.508 e. The first kappa shape index (κ1) is 53.1. The van der Waals surface area contributed by atoms with Gasteiger partial charge < -0.3 is 51.4 Å². The van der Waals surface area contributed by atoms with E-state index in [1.807, 2.05) is 82.4 Å². The molecule has 0 radical (unpaired) electrons. The van der Waals surface area contributed by atoms with Crippen LogP contribution in [0.1, 0.15) is 103 Å². The number of amides is 8. The molecule has 4 aromatic rings. The molecule has 8 amide bonds. The summed E-state index contributed by atoms with van der Waals surface area (Å²) in [6.07, 6.45) is 3.75. The van der Waals surface area contributed by atoms with Crippen LogP contribution in [0.3, 0.4) is 0 Å². The van der Waals surface area contributed by atoms with Gasteiger partial charge >= 0.3 is 0 Å². The number of nitrogens with one attached hydrogen (secondary N) is 4. The molecule has 1 aromatic heterocycles. The number of hydrogen-bond acceptors (Lipinski definition) is 10. The molecule has 7 N–H and O–H groups in total. The number of phenols is 1. The molecule has 4 fully saturated rings. The lowest BCUT2D eigenvalue weighted by atomic mass is 9.78. The molecular weight excluding hydrogens is 981 g/mol. The number of carbonyl (C=O) groups excluding carboxylic acids is 8. The Hall–Kier alpha value is -7.28. The van der Waals surface area contributed by atoms with E-state index in [9.17, 15) is 29.1 Å². The summed E-state index contributed by atoms with van der Waals surface area (Å²) in [6.45, 7) is 11.6. The van der Waals surface area contributed by atoms with Crippen molar-refractivity contribution in [1.82, 2.24) is 40.5 Å². The number of fused-ring (bicyclic) bond motifs is 10. The van der Waals surface area contributed by atoms with Gasteiger partial charge in [-0.25, -0.2) is 0 Å². The second-order valence-corrected chi connectivity index (χ2v) is 22.6. The monoisotopic (exact) mass is 1050 g/mol. The number of rotatable bonds is 7. The summed E-state index contributed by atoms with van der Waals surface area (Å²) in [6, 6.07) is 13.1. The number of benzene rings is 3. The third-order valence-electron chi connectivity index (χ3n) is 17.7. The minimum atomic E-state index is -1.27. The second kappa shape index (κ2) is 20.9. The van der Waals surface area contributed by atoms with E-state index in [4.69, 9.17) is 5.73 Å². The van der Waals surface area contributed by atoms with E-state index < -0.39 is 113 Å². The summed E-state index contributed by atoms with van der Waals surface area (Å²) in [4.78, 5) is 125. The van der Waals surface area contributed by atoms with Crippen molar-refractivity contribution in [3.05, 3.63) is 95.7 Å². The lowest BCUT2D eigenvalue weighted by molar-refractivity contribution is -0.148. The summed E-state index contributed by atoms with van der Waals surface area (Å²) in [7, 11) is 0. The molecule has 4 saturated heterocycles. The SMILES string of the molecule is CC[C@@H](C)[C@@H]1NC(=O)[C@@H](N)Cc2cn(c3ccccc23)[C@]23C[C@H](NC(=O)[C@H]([C@@H](C)CC)NC(=O)[C@@H]4CCCN4C(=O)[C@H](C(C)C)NC(=O)[C@@H]4CCCN4C1=O)C(=O)N1[C@@H](Cc4ccc(O)cc4)C(=O)N(c4ccccc42)[C@@H]13. The van der Waals surface area contributed by atoms with Crippen molar-refractivity contribution in [3.8, 4) is 5.75 Å². The third kappa shape index (κ3) is 9.06. The first-order valence-corrected chi connectivity index (χ1v) is 27.6. The molecule has 4 bridgehead atoms. The van der Waals surface area contributed by atoms with Gasteiger partial charge in [0, 0.05) is 48.6 Å². The molecule has 6 aliphatic rings. The fourth-order valence-electron chi connectivity index (χ4n) is 13.1. The van der Waals surface area contributed by atoms with Gasteiger partial charge in [0.15, 0.2) is 0 Å². The first-order chi connectivity index (χ1) is 36.9. The molecule has 10 rings (SSSR count). The van der Waals surface area contributed by atoms with Crippen LogP contribution in [-0.2, 0) is 56.7 Å². The standard InChI is InChI=1S/C58H72N10O9/c1-7-32(5)47-52(73)60-40-29-58(38-16-10-12-18-42(38)67-54(75)45(68(53(40)74)57(58)67)27-34-21-23-36(69)24-22-34)66-30-35(37-15-9-11-17-41(37)66)28-39(59)49(70)63-48(33(6)8-2)56(77)65-26-14-19-43(65)50(71)61-46(31(3)4)55(76)64-25-13-20-44(64)51(72)62-47/h9-12,15-18,21-24,30-33,39-40,43-48,57,69H,7-8,13-14,19-20,25-29,59H2,1-6H3,(H,60,73)(H,61,71)(H,62,72)(H,63,70)/t32-,33+,39-,40-,43-,44-,45-,46-,47-,48-,57-,58+/m0/s1. The number of piperidine rings is 1. The first-order valence-electron chi connectivity index (χ1n) is 27.6. The summed E-state index contributed by atoms with van der Waals surface area (Å²) in [5.74, 6) is -5.09. The van der Waals surface area contributed by atoms with Crippen LogP contribution in [0.15, 0.2) is 79.0 Å². The topological polar surface area (TPSA) is 249 Å². The highest BCUT2D eigenvalue weighted by atomic mass is 16.3. The van der Waals surface area contributed by atoms with Gasteiger partial charge in [-0.2, -0.15) is 0 Å². The van der Waals surface area contributed by atoms with Crippen LogP contribution in [0.2, 0.25) is 0 Å². The number of aromatic hydroxyl groups is 1. The molecular formula is C58H72N10O9. The summed E-state index contributed by atoms with van der Waals surface area (Å²) in [5.41, 5.74) is 9.06. The van der Waals surface area contributed by atoms with E-state index >= 15 is 14.4 Å². The average Bonchev–Trinajstić information content (AvgIpc) is 4.47. The van der Waals surface area contributed by atoms with Crippen molar-refractivity contribution in [2.45, 2.75) is 159 Å². The lowest BCUT2D eigenvalue weighted by Crippen LogP contribution is -2.68. The number of nitrogens with two attached hydrogens (primary N) is 1. The van der Waals surface area contributed by atoms with Crippen LogP contribution in [0.5, 0.6) is 5.75 Å². The maximum absolute atomic E-state index is 15.6. The van der Waals surface area contributed by atoms with Crippen LogP contribution < -0.4 is 31.9 Å². The van der Waals surface area contributed by atoms with Crippen molar-refractivity contribution in [2.24, 2.45) is 23.5 Å². The van der Waals surface area contributed by atoms with Gasteiger partial charge in [-0.05, 0) is 85.3 Å². The maximum Gasteiger partial charge on any atom is 0.252 e. The number of aromatic nitrogens is 1. The van der Waals surface area contributed by atoms with Gasteiger partial charge in [-0.1, -0.05) is 103 Å². The van der Waals surface area contributed by atoms with Crippen molar-refractivity contribution in [2.75, 3.05) is 18.0 Å². The summed E-state index contributed by atoms with van der Waals surface area (Å²) in [5, 5.41) is 23.0. The van der Waals surface area contributed by atoms with E-state index in [2.05, 4.69) is 25.8 Å². The van der Waals surface area contributed by atoms with Gasteiger partial charge in [0.25, 0.3) is 5.91 Å². The number of para-hydroxylation sites is 2. The zero-order valence-corrected chi connectivity index (χ0v) is 44.7. The minimum absolute atomic E-state index is 0.0196. The Balaban J connectivity index is 1.12. The Morgan fingerprint density at radius 2 is 1.25 bits per heavy atom. The van der Waals surface area contributed by atoms with Gasteiger partial charge in [0.1, 0.15) is 59.7 Å². The molecule has 19 heteroatoms. The predicted octanol–water partition coefficient (Wildman–Crippen LogP) is 3.17. The molecule has 0 unspecified atom stereocenters. The van der Waals surface area contributed by atoms with Crippen molar-refractivity contribution >= 4 is 63.8 Å². The molecule has 408 valence electrons. The molecule has 77 heavy (non-hydrogen) atoms. The van der Waals surface area contributed by atoms with E-state index in [1.165, 1.54) is 21.9 Å². The van der Waals surface area contributed by atoms with Gasteiger partial charge in [0.2, 0.25) is 41.4 Å². The highest BCUT2D eigenvalue weighted by molar-refractivity contribution is 6.09. The quantitative estimate of drug-likeness (QED) is 0.158. The zero-order chi connectivity index (χ0) is 54.8. The number of carbonyl (C=O) groups is 8. The van der Waals surface area contributed by atoms with E-state index in [-0.39, 0.29) is 49.9 Å². The van der Waals surface area contributed by atoms with E-state index in [1.54, 1.807) is 35.8 Å². The molecule has 0 aliphatic carbocycles. The molecule has 1 spiro atoms. The zero-order valence-electron chi connectivity index (χ0n) is 44.7. The third-order valence-corrected chi connectivity index (χ3v) is 17.7. The summed E-state index contributed by atoms with van der Waals surface area (Å²) < 4.78 is 2.07. The predicted molar refractivity (Wildman–Crippen MR) is 286 cm³/mol. The van der Waals surface area contributed by atoms with E-state index in [0.717, 1.165) is 10.9 Å². The molecule has 12 atom stereocenters. The summed E-state index contributed by atoms with van der Waals surface area (Å²) >= 11 is 0. The number of nitrogens with zero attached hydrogens (tertiary/aromatic N) is 5. The van der Waals surface area contributed by atoms with Crippen LogP contribution in [0.4, 0.5) is 5.69 Å². The Morgan fingerprint density at radius 3 is 1.90 bits per heavy atom. The van der Waals surface area contributed by atoms with Crippen molar-refractivity contribution in [1.29, 1.82) is 0 Å². The fourth-order valence-corrected chi connectivity index (χ4v) is 13.1. The second-order valence-electron chi connectivity index (χ2n) is 22.6. The fraction of sp³-hybridized carbons (Fsp3) is 0.517. The number of anilines is 1.